The first-order valence-electron chi connectivity index (χ1n) is 10.8. The van der Waals surface area contributed by atoms with Crippen molar-refractivity contribution in [2.24, 2.45) is 0 Å². The second-order valence-corrected chi connectivity index (χ2v) is 10.00. The minimum absolute atomic E-state index is 0.0701. The van der Waals surface area contributed by atoms with Crippen LogP contribution in [-0.2, 0) is 14.8 Å². The van der Waals surface area contributed by atoms with Gasteiger partial charge in [-0.3, -0.25) is 9.52 Å². The summed E-state index contributed by atoms with van der Waals surface area (Å²) in [5, 5.41) is 4.75. The summed E-state index contributed by atoms with van der Waals surface area (Å²) in [6.07, 6.45) is 0. The molecule has 1 amide bonds. The summed E-state index contributed by atoms with van der Waals surface area (Å²) < 4.78 is 39.7. The molecule has 0 radical (unpaired) electrons. The zero-order chi connectivity index (χ0) is 24.8. The lowest BCUT2D eigenvalue weighted by molar-refractivity contribution is -0.118. The van der Waals surface area contributed by atoms with Gasteiger partial charge in [0.15, 0.2) is 6.61 Å². The first kappa shape index (κ1) is 24.6. The normalized spacial score (nSPS) is 11.1. The van der Waals surface area contributed by atoms with Crippen LogP contribution in [0.1, 0.15) is 6.92 Å². The van der Waals surface area contributed by atoms with E-state index in [1.165, 1.54) is 24.3 Å². The highest BCUT2D eigenvalue weighted by molar-refractivity contribution is 9.10. The second kappa shape index (κ2) is 10.8. The number of halogens is 1. The third kappa shape index (κ3) is 6.12. The molecule has 9 heteroatoms. The maximum Gasteiger partial charge on any atom is 0.262 e. The molecule has 0 atom stereocenters. The van der Waals surface area contributed by atoms with Gasteiger partial charge in [-0.05, 0) is 88.2 Å². The number of rotatable bonds is 9. The smallest absolute Gasteiger partial charge is 0.262 e. The maximum atomic E-state index is 12.7. The highest BCUT2D eigenvalue weighted by Crippen LogP contribution is 2.33. The molecule has 7 nitrogen and oxygen atoms in total. The average molecular weight is 555 g/mol. The number of ether oxygens (including phenoxy) is 2. The Balaban J connectivity index is 1.35. The summed E-state index contributed by atoms with van der Waals surface area (Å²) in [5.74, 6) is 0.848. The standard InChI is InChI=1S/C26H23BrN2O5S/c1-2-33-21-12-8-20(9-13-21)29-35(31,32)22-14-10-19(11-15-22)28-25(30)17-34-24-16-7-18-5-3-4-6-23(18)26(24)27/h3-16,29H,2,17H2,1H3,(H,28,30). The molecule has 4 rings (SSSR count). The fraction of sp³-hybridized carbons (Fsp3) is 0.115. The lowest BCUT2D eigenvalue weighted by Crippen LogP contribution is -2.20. The maximum absolute atomic E-state index is 12.7. The molecule has 0 heterocycles. The molecule has 0 aliphatic rings. The molecule has 0 spiro atoms. The predicted molar refractivity (Wildman–Crippen MR) is 141 cm³/mol. The number of sulfonamides is 1. The van der Waals surface area contributed by atoms with E-state index in [1.54, 1.807) is 30.3 Å². The number of carbonyl (C=O) groups excluding carboxylic acids is 1. The first-order chi connectivity index (χ1) is 16.9. The van der Waals surface area contributed by atoms with Crippen LogP contribution in [0.15, 0.2) is 94.3 Å². The van der Waals surface area contributed by atoms with Gasteiger partial charge in [-0.2, -0.15) is 0 Å². The van der Waals surface area contributed by atoms with Gasteiger partial charge in [-0.15, -0.1) is 0 Å². The fourth-order valence-electron chi connectivity index (χ4n) is 3.38. The van der Waals surface area contributed by atoms with Crippen molar-refractivity contribution in [3.63, 3.8) is 0 Å². The van der Waals surface area contributed by atoms with Crippen LogP contribution in [0.25, 0.3) is 10.8 Å². The minimum Gasteiger partial charge on any atom is -0.494 e. The fourth-order valence-corrected chi connectivity index (χ4v) is 5.05. The molecule has 2 N–H and O–H groups in total. The molecule has 0 fully saturated rings. The first-order valence-corrected chi connectivity index (χ1v) is 13.1. The molecule has 0 aromatic heterocycles. The van der Waals surface area contributed by atoms with Gasteiger partial charge in [0, 0.05) is 11.4 Å². The molecular weight excluding hydrogens is 532 g/mol. The van der Waals surface area contributed by atoms with Gasteiger partial charge in [0.25, 0.3) is 15.9 Å². The molecule has 4 aromatic rings. The lowest BCUT2D eigenvalue weighted by Gasteiger charge is -2.12. The van der Waals surface area contributed by atoms with Crippen LogP contribution in [0.5, 0.6) is 11.5 Å². The third-order valence-electron chi connectivity index (χ3n) is 5.05. The van der Waals surface area contributed by atoms with E-state index in [2.05, 4.69) is 26.0 Å². The van der Waals surface area contributed by atoms with Gasteiger partial charge in [-0.25, -0.2) is 8.42 Å². The molecule has 0 aliphatic carbocycles. The van der Waals surface area contributed by atoms with Crippen molar-refractivity contribution in [2.45, 2.75) is 11.8 Å². The number of anilines is 2. The SMILES string of the molecule is CCOc1ccc(NS(=O)(=O)c2ccc(NC(=O)COc3ccc4ccccc4c3Br)cc2)cc1. The van der Waals surface area contributed by atoms with E-state index in [0.29, 0.717) is 29.5 Å². The van der Waals surface area contributed by atoms with Crippen LogP contribution in [0.2, 0.25) is 0 Å². The number of fused-ring (bicyclic) bond motifs is 1. The van der Waals surface area contributed by atoms with Crippen molar-refractivity contribution in [3.8, 4) is 11.5 Å². The summed E-state index contributed by atoms with van der Waals surface area (Å²) in [4.78, 5) is 12.4. The Morgan fingerprint density at radius 2 is 1.54 bits per heavy atom. The van der Waals surface area contributed by atoms with E-state index in [1.807, 2.05) is 37.3 Å². The molecule has 0 saturated heterocycles. The Morgan fingerprint density at radius 3 is 2.26 bits per heavy atom. The van der Waals surface area contributed by atoms with E-state index in [4.69, 9.17) is 9.47 Å². The van der Waals surface area contributed by atoms with Gasteiger partial charge >= 0.3 is 0 Å². The number of nitrogens with one attached hydrogen (secondary N) is 2. The van der Waals surface area contributed by atoms with E-state index < -0.39 is 10.0 Å². The Bertz CT molecular complexity index is 1440. The number of hydrogen-bond acceptors (Lipinski definition) is 5. The number of amides is 1. The summed E-state index contributed by atoms with van der Waals surface area (Å²) in [5.41, 5.74) is 0.874. The van der Waals surface area contributed by atoms with E-state index in [0.717, 1.165) is 15.2 Å². The van der Waals surface area contributed by atoms with Gasteiger partial charge in [0.1, 0.15) is 11.5 Å². The number of benzene rings is 4. The lowest BCUT2D eigenvalue weighted by atomic mass is 10.1. The highest BCUT2D eigenvalue weighted by Gasteiger charge is 2.15. The predicted octanol–water partition coefficient (Wildman–Crippen LogP) is 5.82. The van der Waals surface area contributed by atoms with Crippen LogP contribution in [-0.4, -0.2) is 27.5 Å². The molecule has 180 valence electrons. The molecule has 0 unspecified atom stereocenters. The minimum atomic E-state index is -3.79. The second-order valence-electron chi connectivity index (χ2n) is 7.52. The monoisotopic (exact) mass is 554 g/mol. The highest BCUT2D eigenvalue weighted by atomic mass is 79.9. The van der Waals surface area contributed by atoms with E-state index in [9.17, 15) is 13.2 Å². The zero-order valence-electron chi connectivity index (χ0n) is 18.8. The van der Waals surface area contributed by atoms with Gasteiger partial charge < -0.3 is 14.8 Å². The molecule has 0 bridgehead atoms. The van der Waals surface area contributed by atoms with Gasteiger partial charge in [0.05, 0.1) is 16.0 Å². The van der Waals surface area contributed by atoms with Crippen LogP contribution in [0.3, 0.4) is 0 Å². The van der Waals surface area contributed by atoms with E-state index in [-0.39, 0.29) is 17.4 Å². The van der Waals surface area contributed by atoms with Crippen LogP contribution < -0.4 is 19.5 Å². The Morgan fingerprint density at radius 1 is 0.857 bits per heavy atom. The molecule has 35 heavy (non-hydrogen) atoms. The van der Waals surface area contributed by atoms with Crippen molar-refractivity contribution in [2.75, 3.05) is 23.3 Å². The largest absolute Gasteiger partial charge is 0.494 e. The number of hydrogen-bond donors (Lipinski definition) is 2. The van der Waals surface area contributed by atoms with Crippen molar-refractivity contribution in [1.82, 2.24) is 0 Å². The van der Waals surface area contributed by atoms with Crippen LogP contribution in [0, 0.1) is 0 Å². The van der Waals surface area contributed by atoms with Crippen LogP contribution >= 0.6 is 15.9 Å². The van der Waals surface area contributed by atoms with Crippen molar-refractivity contribution in [1.29, 1.82) is 0 Å². The van der Waals surface area contributed by atoms with E-state index >= 15 is 0 Å². The van der Waals surface area contributed by atoms with Crippen molar-refractivity contribution in [3.05, 3.63) is 89.4 Å². The molecule has 4 aromatic carbocycles. The summed E-state index contributed by atoms with van der Waals surface area (Å²) in [6.45, 7) is 2.21. The Labute approximate surface area is 212 Å². The van der Waals surface area contributed by atoms with Crippen LogP contribution in [0.4, 0.5) is 11.4 Å². The summed E-state index contributed by atoms with van der Waals surface area (Å²) in [7, 11) is -3.79. The molecular formula is C26H23BrN2O5S. The van der Waals surface area contributed by atoms with Crippen molar-refractivity contribution < 1.29 is 22.7 Å². The summed E-state index contributed by atoms with van der Waals surface area (Å²) in [6, 6.07) is 24.1. The summed E-state index contributed by atoms with van der Waals surface area (Å²) >= 11 is 3.53. The topological polar surface area (TPSA) is 93.7 Å². The number of carbonyl (C=O) groups is 1. The quantitative estimate of drug-likeness (QED) is 0.272. The Hall–Kier alpha value is -3.56. The zero-order valence-corrected chi connectivity index (χ0v) is 21.2. The van der Waals surface area contributed by atoms with Gasteiger partial charge in [-0.1, -0.05) is 30.3 Å². The van der Waals surface area contributed by atoms with Gasteiger partial charge in [0.2, 0.25) is 0 Å². The molecule has 0 aliphatic heterocycles. The average Bonchev–Trinajstić information content (AvgIpc) is 2.85. The van der Waals surface area contributed by atoms with Crippen molar-refractivity contribution >= 4 is 54.0 Å². The molecule has 0 saturated carbocycles. The third-order valence-corrected chi connectivity index (χ3v) is 7.27. The Kier molecular flexibility index (Phi) is 7.57.